The molecule has 0 aliphatic carbocycles. The van der Waals surface area contributed by atoms with Gasteiger partial charge in [-0.2, -0.15) is 0 Å². The first-order valence-electron chi connectivity index (χ1n) is 4.76. The molecule has 0 heterocycles. The lowest BCUT2D eigenvalue weighted by atomic mass is 10.2. The maximum absolute atomic E-state index is 13.2. The number of halogens is 1. The molecule has 0 radical (unpaired) electrons. The molecule has 1 N–H and O–H groups in total. The number of benzene rings is 1. The summed E-state index contributed by atoms with van der Waals surface area (Å²) in [7, 11) is 1.93. The Morgan fingerprint density at radius 1 is 1.43 bits per heavy atom. The zero-order chi connectivity index (χ0) is 10.4. The summed E-state index contributed by atoms with van der Waals surface area (Å²) in [6.45, 7) is 3.13. The minimum Gasteiger partial charge on any atom is -0.319 e. The summed E-state index contributed by atoms with van der Waals surface area (Å²) in [6, 6.07) is 6.92. The quantitative estimate of drug-likeness (QED) is 0.755. The third-order valence-corrected chi connectivity index (χ3v) is 3.29. The average Bonchev–Trinajstić information content (AvgIpc) is 2.17. The van der Waals surface area contributed by atoms with Crippen molar-refractivity contribution in [1.82, 2.24) is 5.32 Å². The van der Waals surface area contributed by atoms with Crippen molar-refractivity contribution in [3.63, 3.8) is 0 Å². The Bertz CT molecular complexity index is 278. The molecule has 0 aromatic heterocycles. The van der Waals surface area contributed by atoms with Gasteiger partial charge in [0.05, 0.1) is 0 Å². The molecule has 0 saturated carbocycles. The van der Waals surface area contributed by atoms with E-state index in [-0.39, 0.29) is 5.82 Å². The molecule has 1 nitrogen and oxygen atoms in total. The Hall–Kier alpha value is -0.540. The number of hydrogen-bond acceptors (Lipinski definition) is 2. The van der Waals surface area contributed by atoms with Gasteiger partial charge >= 0.3 is 0 Å². The predicted molar refractivity (Wildman–Crippen MR) is 60.2 cm³/mol. The molecule has 0 bridgehead atoms. The smallest absolute Gasteiger partial charge is 0.136 e. The van der Waals surface area contributed by atoms with E-state index in [9.17, 15) is 4.39 Å². The first-order valence-corrected chi connectivity index (χ1v) is 5.74. The monoisotopic (exact) mass is 213 g/mol. The maximum Gasteiger partial charge on any atom is 0.136 e. The lowest BCUT2D eigenvalue weighted by Crippen LogP contribution is -2.17. The van der Waals surface area contributed by atoms with Crippen LogP contribution in [0.15, 0.2) is 29.2 Å². The number of rotatable bonds is 5. The first kappa shape index (κ1) is 11.5. The van der Waals surface area contributed by atoms with Crippen LogP contribution in [0.4, 0.5) is 4.39 Å². The van der Waals surface area contributed by atoms with Crippen molar-refractivity contribution in [3.05, 3.63) is 30.1 Å². The van der Waals surface area contributed by atoms with E-state index >= 15 is 0 Å². The maximum atomic E-state index is 13.2. The second-order valence-electron chi connectivity index (χ2n) is 3.40. The number of nitrogens with one attached hydrogen (secondary N) is 1. The summed E-state index contributed by atoms with van der Waals surface area (Å²) in [4.78, 5) is 0.746. The van der Waals surface area contributed by atoms with Crippen molar-refractivity contribution in [2.75, 3.05) is 19.3 Å². The van der Waals surface area contributed by atoms with E-state index in [1.807, 2.05) is 19.2 Å². The molecular formula is C11H16FNS. The van der Waals surface area contributed by atoms with E-state index in [0.29, 0.717) is 5.92 Å². The third kappa shape index (κ3) is 3.68. The van der Waals surface area contributed by atoms with Gasteiger partial charge in [-0.1, -0.05) is 19.1 Å². The van der Waals surface area contributed by atoms with Crippen LogP contribution in [0.3, 0.4) is 0 Å². The van der Waals surface area contributed by atoms with Gasteiger partial charge in [0.2, 0.25) is 0 Å². The first-order chi connectivity index (χ1) is 6.74. The fourth-order valence-corrected chi connectivity index (χ4v) is 2.16. The third-order valence-electron chi connectivity index (χ3n) is 1.91. The van der Waals surface area contributed by atoms with Crippen molar-refractivity contribution >= 4 is 11.8 Å². The standard InChI is InChI=1S/C11H16FNS/c1-9(7-13-2)8-14-11-6-4-3-5-10(11)12/h3-6,9,13H,7-8H2,1-2H3. The van der Waals surface area contributed by atoms with Crippen LogP contribution < -0.4 is 5.32 Å². The molecule has 1 atom stereocenters. The largest absolute Gasteiger partial charge is 0.319 e. The van der Waals surface area contributed by atoms with Crippen molar-refractivity contribution in [3.8, 4) is 0 Å². The summed E-state index contributed by atoms with van der Waals surface area (Å²) in [5.74, 6) is 1.39. The zero-order valence-electron chi connectivity index (χ0n) is 8.59. The van der Waals surface area contributed by atoms with E-state index in [4.69, 9.17) is 0 Å². The van der Waals surface area contributed by atoms with Gasteiger partial charge in [-0.05, 0) is 31.6 Å². The number of thioether (sulfide) groups is 1. The minimum absolute atomic E-state index is 0.117. The summed E-state index contributed by atoms with van der Waals surface area (Å²) < 4.78 is 13.2. The Morgan fingerprint density at radius 3 is 2.79 bits per heavy atom. The molecule has 0 amide bonds. The van der Waals surface area contributed by atoms with Crippen molar-refractivity contribution in [1.29, 1.82) is 0 Å². The topological polar surface area (TPSA) is 12.0 Å². The van der Waals surface area contributed by atoms with Gasteiger partial charge in [0, 0.05) is 10.6 Å². The van der Waals surface area contributed by atoms with Crippen LogP contribution in [0.25, 0.3) is 0 Å². The molecule has 1 rings (SSSR count). The fraction of sp³-hybridized carbons (Fsp3) is 0.455. The lowest BCUT2D eigenvalue weighted by Gasteiger charge is -2.10. The molecule has 3 heteroatoms. The molecule has 14 heavy (non-hydrogen) atoms. The van der Waals surface area contributed by atoms with Crippen LogP contribution in [0.5, 0.6) is 0 Å². The van der Waals surface area contributed by atoms with E-state index in [1.165, 1.54) is 6.07 Å². The molecule has 0 fully saturated rings. The van der Waals surface area contributed by atoms with Gasteiger partial charge in [0.1, 0.15) is 5.82 Å². The summed E-state index contributed by atoms with van der Waals surface area (Å²) in [6.07, 6.45) is 0. The van der Waals surface area contributed by atoms with Crippen LogP contribution in [-0.2, 0) is 0 Å². The highest BCUT2D eigenvalue weighted by molar-refractivity contribution is 7.99. The van der Waals surface area contributed by atoms with Crippen LogP contribution in [0.1, 0.15) is 6.92 Å². The second kappa shape index (κ2) is 6.04. The van der Waals surface area contributed by atoms with Gasteiger partial charge in [0.25, 0.3) is 0 Å². The normalized spacial score (nSPS) is 12.8. The molecule has 1 aromatic carbocycles. The molecule has 0 spiro atoms. The molecule has 0 aliphatic rings. The molecule has 0 saturated heterocycles. The van der Waals surface area contributed by atoms with E-state index in [0.717, 1.165) is 17.2 Å². The molecule has 78 valence electrons. The van der Waals surface area contributed by atoms with E-state index < -0.39 is 0 Å². The van der Waals surface area contributed by atoms with Gasteiger partial charge < -0.3 is 5.32 Å². The van der Waals surface area contributed by atoms with Crippen LogP contribution >= 0.6 is 11.8 Å². The lowest BCUT2D eigenvalue weighted by molar-refractivity contribution is 0.594. The molecule has 1 unspecified atom stereocenters. The zero-order valence-corrected chi connectivity index (χ0v) is 9.40. The number of hydrogen-bond donors (Lipinski definition) is 1. The fourth-order valence-electron chi connectivity index (χ4n) is 1.20. The van der Waals surface area contributed by atoms with Crippen LogP contribution in [-0.4, -0.2) is 19.3 Å². The average molecular weight is 213 g/mol. The summed E-state index contributed by atoms with van der Waals surface area (Å²) >= 11 is 1.58. The van der Waals surface area contributed by atoms with E-state index in [2.05, 4.69) is 12.2 Å². The highest BCUT2D eigenvalue weighted by Crippen LogP contribution is 2.23. The molecule has 1 aromatic rings. The van der Waals surface area contributed by atoms with Gasteiger partial charge in [-0.3, -0.25) is 0 Å². The Balaban J connectivity index is 2.41. The second-order valence-corrected chi connectivity index (χ2v) is 4.47. The predicted octanol–water partition coefficient (Wildman–Crippen LogP) is 2.77. The minimum atomic E-state index is -0.117. The van der Waals surface area contributed by atoms with Crippen molar-refractivity contribution in [2.45, 2.75) is 11.8 Å². The van der Waals surface area contributed by atoms with Crippen molar-refractivity contribution < 1.29 is 4.39 Å². The highest BCUT2D eigenvalue weighted by atomic mass is 32.2. The SMILES string of the molecule is CNCC(C)CSc1ccccc1F. The van der Waals surface area contributed by atoms with E-state index in [1.54, 1.807) is 17.8 Å². The molecule has 0 aliphatic heterocycles. The Kier molecular flexibility index (Phi) is 4.98. The van der Waals surface area contributed by atoms with Gasteiger partial charge in [-0.15, -0.1) is 11.8 Å². The summed E-state index contributed by atoms with van der Waals surface area (Å²) in [5.41, 5.74) is 0. The Labute approximate surface area is 89.1 Å². The Morgan fingerprint density at radius 2 is 2.14 bits per heavy atom. The van der Waals surface area contributed by atoms with Crippen LogP contribution in [0, 0.1) is 11.7 Å². The highest BCUT2D eigenvalue weighted by Gasteiger charge is 2.04. The van der Waals surface area contributed by atoms with Gasteiger partial charge in [-0.25, -0.2) is 4.39 Å². The molecular weight excluding hydrogens is 197 g/mol. The van der Waals surface area contributed by atoms with Crippen LogP contribution in [0.2, 0.25) is 0 Å². The van der Waals surface area contributed by atoms with Gasteiger partial charge in [0.15, 0.2) is 0 Å². The summed E-state index contributed by atoms with van der Waals surface area (Å²) in [5, 5.41) is 3.11. The van der Waals surface area contributed by atoms with Crippen molar-refractivity contribution in [2.24, 2.45) is 5.92 Å².